The third-order valence-corrected chi connectivity index (χ3v) is 2.71. The van der Waals surface area contributed by atoms with E-state index in [2.05, 4.69) is 5.32 Å². The maximum absolute atomic E-state index is 12.7. The summed E-state index contributed by atoms with van der Waals surface area (Å²) in [5.41, 5.74) is 0.409. The molecule has 4 nitrogen and oxygen atoms in total. The molecule has 0 saturated carbocycles. The van der Waals surface area contributed by atoms with Gasteiger partial charge in [0.25, 0.3) is 5.91 Å². The van der Waals surface area contributed by atoms with Gasteiger partial charge in [0.1, 0.15) is 5.82 Å². The Kier molecular flexibility index (Phi) is 5.99. The molecule has 0 saturated heterocycles. The van der Waals surface area contributed by atoms with Crippen LogP contribution in [0.3, 0.4) is 0 Å². The molecule has 19 heavy (non-hydrogen) atoms. The summed E-state index contributed by atoms with van der Waals surface area (Å²) in [7, 11) is 0. The third-order valence-electron chi connectivity index (χ3n) is 2.71. The van der Waals surface area contributed by atoms with Gasteiger partial charge >= 0.3 is 0 Å². The standard InChI is InChI=1S/C14H19FN2O2/c1-3-9-17(11(2)18)10-8-16-14(19)12-4-6-13(15)7-5-12/h4-7H,3,8-10H2,1-2H3,(H,16,19). The summed E-state index contributed by atoms with van der Waals surface area (Å²) in [4.78, 5) is 24.7. The minimum Gasteiger partial charge on any atom is -0.350 e. The first-order chi connectivity index (χ1) is 9.04. The second-order valence-corrected chi connectivity index (χ2v) is 4.27. The van der Waals surface area contributed by atoms with E-state index < -0.39 is 0 Å². The first-order valence-electron chi connectivity index (χ1n) is 6.34. The van der Waals surface area contributed by atoms with Crippen molar-refractivity contribution in [3.05, 3.63) is 35.6 Å². The highest BCUT2D eigenvalue weighted by Gasteiger charge is 2.09. The van der Waals surface area contributed by atoms with Crippen LogP contribution in [0.1, 0.15) is 30.6 Å². The number of amides is 2. The number of halogens is 1. The Morgan fingerprint density at radius 2 is 1.84 bits per heavy atom. The second-order valence-electron chi connectivity index (χ2n) is 4.27. The Bertz CT molecular complexity index is 432. The normalized spacial score (nSPS) is 10.1. The number of hydrogen-bond acceptors (Lipinski definition) is 2. The summed E-state index contributed by atoms with van der Waals surface area (Å²) in [6.45, 7) is 5.05. The lowest BCUT2D eigenvalue weighted by atomic mass is 10.2. The largest absolute Gasteiger partial charge is 0.350 e. The topological polar surface area (TPSA) is 49.4 Å². The summed E-state index contributed by atoms with van der Waals surface area (Å²) in [5.74, 6) is -0.639. The highest BCUT2D eigenvalue weighted by Crippen LogP contribution is 2.02. The molecular weight excluding hydrogens is 247 g/mol. The molecule has 0 aliphatic carbocycles. The van der Waals surface area contributed by atoms with E-state index in [1.54, 1.807) is 4.90 Å². The van der Waals surface area contributed by atoms with Gasteiger partial charge in [0.2, 0.25) is 5.91 Å². The minimum atomic E-state index is -0.373. The van der Waals surface area contributed by atoms with Crippen molar-refractivity contribution < 1.29 is 14.0 Å². The zero-order chi connectivity index (χ0) is 14.3. The van der Waals surface area contributed by atoms with Gasteiger partial charge in [-0.3, -0.25) is 9.59 Å². The number of nitrogens with zero attached hydrogens (tertiary/aromatic N) is 1. The molecule has 1 N–H and O–H groups in total. The molecular formula is C14H19FN2O2. The minimum absolute atomic E-state index is 0.00196. The Balaban J connectivity index is 2.41. The van der Waals surface area contributed by atoms with Crippen molar-refractivity contribution in [1.29, 1.82) is 0 Å². The quantitative estimate of drug-likeness (QED) is 0.853. The smallest absolute Gasteiger partial charge is 0.251 e. The van der Waals surface area contributed by atoms with Gasteiger partial charge in [-0.15, -0.1) is 0 Å². The Hall–Kier alpha value is -1.91. The Morgan fingerprint density at radius 1 is 1.21 bits per heavy atom. The zero-order valence-corrected chi connectivity index (χ0v) is 11.3. The van der Waals surface area contributed by atoms with Gasteiger partial charge in [0.15, 0.2) is 0 Å². The summed E-state index contributed by atoms with van der Waals surface area (Å²) in [5, 5.41) is 2.71. The Labute approximate surface area is 112 Å². The van der Waals surface area contributed by atoms with Crippen LogP contribution in [0.15, 0.2) is 24.3 Å². The number of nitrogens with one attached hydrogen (secondary N) is 1. The second kappa shape index (κ2) is 7.51. The fourth-order valence-corrected chi connectivity index (χ4v) is 1.70. The number of hydrogen-bond donors (Lipinski definition) is 1. The predicted octanol–water partition coefficient (Wildman–Crippen LogP) is 1.81. The molecule has 0 aliphatic heterocycles. The molecule has 0 heterocycles. The molecule has 0 aliphatic rings. The van der Waals surface area contributed by atoms with Crippen LogP contribution in [0.25, 0.3) is 0 Å². The van der Waals surface area contributed by atoms with Gasteiger partial charge in [-0.05, 0) is 30.7 Å². The average Bonchev–Trinajstić information content (AvgIpc) is 2.38. The van der Waals surface area contributed by atoms with Gasteiger partial charge < -0.3 is 10.2 Å². The van der Waals surface area contributed by atoms with Crippen LogP contribution >= 0.6 is 0 Å². The first-order valence-corrected chi connectivity index (χ1v) is 6.34. The molecule has 1 aromatic carbocycles. The molecule has 0 radical (unpaired) electrons. The first kappa shape index (κ1) is 15.1. The number of carbonyl (C=O) groups is 2. The highest BCUT2D eigenvalue weighted by atomic mass is 19.1. The molecule has 0 fully saturated rings. The Morgan fingerprint density at radius 3 is 2.37 bits per heavy atom. The van der Waals surface area contributed by atoms with E-state index in [0.717, 1.165) is 6.42 Å². The molecule has 1 aromatic rings. The predicted molar refractivity (Wildman–Crippen MR) is 71.3 cm³/mol. The molecule has 0 unspecified atom stereocenters. The summed E-state index contributed by atoms with van der Waals surface area (Å²) in [6.07, 6.45) is 0.880. The SMILES string of the molecule is CCCN(CCNC(=O)c1ccc(F)cc1)C(C)=O. The fourth-order valence-electron chi connectivity index (χ4n) is 1.70. The zero-order valence-electron chi connectivity index (χ0n) is 11.3. The van der Waals surface area contributed by atoms with Gasteiger partial charge in [-0.1, -0.05) is 6.92 Å². The summed E-state index contributed by atoms with van der Waals surface area (Å²) in [6, 6.07) is 5.35. The fraction of sp³-hybridized carbons (Fsp3) is 0.429. The molecule has 0 atom stereocenters. The van der Waals surface area contributed by atoms with E-state index in [1.165, 1.54) is 31.2 Å². The van der Waals surface area contributed by atoms with Gasteiger partial charge in [-0.2, -0.15) is 0 Å². The molecule has 0 aromatic heterocycles. The third kappa shape index (κ3) is 5.07. The van der Waals surface area contributed by atoms with Crippen LogP contribution in [0.4, 0.5) is 4.39 Å². The van der Waals surface area contributed by atoms with Crippen molar-refractivity contribution in [2.24, 2.45) is 0 Å². The van der Waals surface area contributed by atoms with Gasteiger partial charge in [0.05, 0.1) is 0 Å². The molecule has 104 valence electrons. The van der Waals surface area contributed by atoms with Crippen LogP contribution in [-0.4, -0.2) is 36.3 Å². The number of rotatable bonds is 6. The number of benzene rings is 1. The number of carbonyl (C=O) groups excluding carboxylic acids is 2. The van der Waals surface area contributed by atoms with Crippen molar-refractivity contribution in [3.8, 4) is 0 Å². The average molecular weight is 266 g/mol. The van der Waals surface area contributed by atoms with Crippen LogP contribution in [0.2, 0.25) is 0 Å². The molecule has 0 spiro atoms. The van der Waals surface area contributed by atoms with Crippen molar-refractivity contribution >= 4 is 11.8 Å². The maximum atomic E-state index is 12.7. The lowest BCUT2D eigenvalue weighted by molar-refractivity contribution is -0.128. The lowest BCUT2D eigenvalue weighted by Crippen LogP contribution is -2.37. The van der Waals surface area contributed by atoms with E-state index in [-0.39, 0.29) is 17.6 Å². The van der Waals surface area contributed by atoms with E-state index in [9.17, 15) is 14.0 Å². The summed E-state index contributed by atoms with van der Waals surface area (Å²) >= 11 is 0. The maximum Gasteiger partial charge on any atom is 0.251 e. The molecule has 0 bridgehead atoms. The van der Waals surface area contributed by atoms with Crippen LogP contribution in [0, 0.1) is 5.82 Å². The van der Waals surface area contributed by atoms with E-state index in [0.29, 0.717) is 25.2 Å². The van der Waals surface area contributed by atoms with E-state index in [4.69, 9.17) is 0 Å². The highest BCUT2D eigenvalue weighted by molar-refractivity contribution is 5.94. The lowest BCUT2D eigenvalue weighted by Gasteiger charge is -2.20. The monoisotopic (exact) mass is 266 g/mol. The van der Waals surface area contributed by atoms with Crippen molar-refractivity contribution in [1.82, 2.24) is 10.2 Å². The molecule has 2 amide bonds. The van der Waals surface area contributed by atoms with Crippen LogP contribution in [-0.2, 0) is 4.79 Å². The van der Waals surface area contributed by atoms with Crippen molar-refractivity contribution in [2.45, 2.75) is 20.3 Å². The van der Waals surface area contributed by atoms with Gasteiger partial charge in [0, 0.05) is 32.1 Å². The van der Waals surface area contributed by atoms with Crippen molar-refractivity contribution in [3.63, 3.8) is 0 Å². The van der Waals surface area contributed by atoms with Crippen LogP contribution < -0.4 is 5.32 Å². The molecule has 5 heteroatoms. The van der Waals surface area contributed by atoms with Crippen LogP contribution in [0.5, 0.6) is 0 Å². The van der Waals surface area contributed by atoms with E-state index >= 15 is 0 Å². The van der Waals surface area contributed by atoms with Crippen molar-refractivity contribution in [2.75, 3.05) is 19.6 Å². The van der Waals surface area contributed by atoms with Gasteiger partial charge in [-0.25, -0.2) is 4.39 Å². The summed E-state index contributed by atoms with van der Waals surface area (Å²) < 4.78 is 12.7. The molecule has 1 rings (SSSR count). The van der Waals surface area contributed by atoms with E-state index in [1.807, 2.05) is 6.92 Å².